The fourth-order valence-electron chi connectivity index (χ4n) is 3.01. The van der Waals surface area contributed by atoms with Crippen LogP contribution in [0.25, 0.3) is 0 Å². The zero-order valence-electron chi connectivity index (χ0n) is 10.00. The number of nitrogens with two attached hydrogens (primary N) is 1. The van der Waals surface area contributed by atoms with Gasteiger partial charge in [0, 0.05) is 0 Å². The molecule has 1 saturated carbocycles. The predicted octanol–water partition coefficient (Wildman–Crippen LogP) is 2.88. The first-order valence-corrected chi connectivity index (χ1v) is 6.64. The van der Waals surface area contributed by atoms with E-state index in [1.54, 1.807) is 0 Å². The van der Waals surface area contributed by atoms with Crippen molar-refractivity contribution in [3.8, 4) is 11.5 Å². The minimum atomic E-state index is 0.294. The van der Waals surface area contributed by atoms with Gasteiger partial charge in [0.05, 0.1) is 4.47 Å². The molecule has 2 atom stereocenters. The highest BCUT2D eigenvalue weighted by Crippen LogP contribution is 2.64. The van der Waals surface area contributed by atoms with Crippen molar-refractivity contribution >= 4 is 15.9 Å². The molecule has 0 radical (unpaired) electrons. The number of hydrogen-bond acceptors (Lipinski definition) is 3. The number of rotatable bonds is 2. The topological polar surface area (TPSA) is 44.5 Å². The second-order valence-corrected chi connectivity index (χ2v) is 6.23. The first-order chi connectivity index (χ1) is 8.05. The van der Waals surface area contributed by atoms with Gasteiger partial charge in [-0.1, -0.05) is 13.8 Å². The molecule has 1 aliphatic carbocycles. The largest absolute Gasteiger partial charge is 0.454 e. The average molecular weight is 298 g/mol. The molecular weight excluding hydrogens is 282 g/mol. The quantitative estimate of drug-likeness (QED) is 0.913. The third kappa shape index (κ3) is 1.58. The summed E-state index contributed by atoms with van der Waals surface area (Å²) in [6.07, 6.45) is 0. The Balaban J connectivity index is 1.98. The smallest absolute Gasteiger partial charge is 0.231 e. The molecule has 0 saturated heterocycles. The van der Waals surface area contributed by atoms with Crippen LogP contribution < -0.4 is 15.2 Å². The molecule has 0 spiro atoms. The molecule has 0 aromatic heterocycles. The van der Waals surface area contributed by atoms with Gasteiger partial charge in [0.25, 0.3) is 0 Å². The summed E-state index contributed by atoms with van der Waals surface area (Å²) < 4.78 is 11.8. The Hall–Kier alpha value is -0.740. The van der Waals surface area contributed by atoms with E-state index in [0.29, 0.717) is 24.0 Å². The van der Waals surface area contributed by atoms with Crippen molar-refractivity contribution in [3.05, 3.63) is 22.2 Å². The molecule has 2 unspecified atom stereocenters. The van der Waals surface area contributed by atoms with Crippen LogP contribution in [0.1, 0.15) is 25.3 Å². The number of benzene rings is 1. The second kappa shape index (κ2) is 3.62. The van der Waals surface area contributed by atoms with Crippen LogP contribution in [0, 0.1) is 11.3 Å². The molecule has 2 N–H and O–H groups in total. The lowest BCUT2D eigenvalue weighted by atomic mass is 10.0. The highest BCUT2D eigenvalue weighted by molar-refractivity contribution is 9.10. The van der Waals surface area contributed by atoms with Gasteiger partial charge in [-0.25, -0.2) is 0 Å². The molecule has 1 aromatic rings. The van der Waals surface area contributed by atoms with Crippen LogP contribution in [0.5, 0.6) is 11.5 Å². The van der Waals surface area contributed by atoms with Crippen molar-refractivity contribution in [1.82, 2.24) is 0 Å². The molecule has 92 valence electrons. The van der Waals surface area contributed by atoms with Gasteiger partial charge in [0.15, 0.2) is 11.5 Å². The van der Waals surface area contributed by atoms with Gasteiger partial charge >= 0.3 is 0 Å². The van der Waals surface area contributed by atoms with E-state index in [-0.39, 0.29) is 0 Å². The minimum absolute atomic E-state index is 0.294. The maximum atomic E-state index is 5.82. The Morgan fingerprint density at radius 2 is 2.18 bits per heavy atom. The molecule has 2 aliphatic rings. The van der Waals surface area contributed by atoms with Gasteiger partial charge < -0.3 is 15.2 Å². The summed E-state index contributed by atoms with van der Waals surface area (Å²) in [7, 11) is 0. The molecule has 1 heterocycles. The normalized spacial score (nSPS) is 28.2. The van der Waals surface area contributed by atoms with Crippen LogP contribution in [-0.2, 0) is 0 Å². The van der Waals surface area contributed by atoms with E-state index >= 15 is 0 Å². The second-order valence-electron chi connectivity index (χ2n) is 5.38. The van der Waals surface area contributed by atoms with Gasteiger partial charge in [-0.15, -0.1) is 0 Å². The van der Waals surface area contributed by atoms with E-state index in [9.17, 15) is 0 Å². The van der Waals surface area contributed by atoms with Crippen LogP contribution in [0.4, 0.5) is 0 Å². The zero-order valence-corrected chi connectivity index (χ0v) is 11.6. The lowest BCUT2D eigenvalue weighted by Gasteiger charge is -2.06. The SMILES string of the molecule is CC1(C)C(CN)C1c1cc(Br)c2c(c1)OCO2. The van der Waals surface area contributed by atoms with Gasteiger partial charge in [-0.2, -0.15) is 0 Å². The Labute approximate surface area is 109 Å². The monoisotopic (exact) mass is 297 g/mol. The summed E-state index contributed by atoms with van der Waals surface area (Å²) in [6, 6.07) is 4.23. The molecule has 4 heteroatoms. The average Bonchev–Trinajstić information content (AvgIpc) is 2.63. The summed E-state index contributed by atoms with van der Waals surface area (Å²) in [4.78, 5) is 0. The molecule has 3 rings (SSSR count). The minimum Gasteiger partial charge on any atom is -0.454 e. The van der Waals surface area contributed by atoms with Crippen LogP contribution in [0.3, 0.4) is 0 Å². The molecule has 1 aliphatic heterocycles. The maximum Gasteiger partial charge on any atom is 0.231 e. The molecule has 1 aromatic carbocycles. The van der Waals surface area contributed by atoms with Crippen LogP contribution >= 0.6 is 15.9 Å². The lowest BCUT2D eigenvalue weighted by molar-refractivity contribution is 0.173. The Kier molecular flexibility index (Phi) is 2.42. The molecule has 17 heavy (non-hydrogen) atoms. The lowest BCUT2D eigenvalue weighted by Crippen LogP contribution is -2.05. The fraction of sp³-hybridized carbons (Fsp3) is 0.538. The van der Waals surface area contributed by atoms with Gasteiger partial charge in [0.1, 0.15) is 0 Å². The Morgan fingerprint density at radius 3 is 2.82 bits per heavy atom. The summed E-state index contributed by atoms with van der Waals surface area (Å²) in [5.41, 5.74) is 7.41. The van der Waals surface area contributed by atoms with Crippen molar-refractivity contribution in [2.24, 2.45) is 17.1 Å². The molecule has 1 fully saturated rings. The van der Waals surface area contributed by atoms with Gasteiger partial charge in [-0.3, -0.25) is 0 Å². The van der Waals surface area contributed by atoms with Crippen molar-refractivity contribution in [3.63, 3.8) is 0 Å². The van der Waals surface area contributed by atoms with Gasteiger partial charge in [0.2, 0.25) is 6.79 Å². The highest BCUT2D eigenvalue weighted by atomic mass is 79.9. The van der Waals surface area contributed by atoms with E-state index in [1.807, 2.05) is 0 Å². The summed E-state index contributed by atoms with van der Waals surface area (Å²) in [5.74, 6) is 2.75. The van der Waals surface area contributed by atoms with E-state index in [0.717, 1.165) is 22.5 Å². The third-order valence-electron chi connectivity index (χ3n) is 4.11. The van der Waals surface area contributed by atoms with Crippen molar-refractivity contribution in [2.75, 3.05) is 13.3 Å². The Morgan fingerprint density at radius 1 is 1.41 bits per heavy atom. The van der Waals surface area contributed by atoms with Crippen LogP contribution in [-0.4, -0.2) is 13.3 Å². The van der Waals surface area contributed by atoms with Crippen molar-refractivity contribution < 1.29 is 9.47 Å². The van der Waals surface area contributed by atoms with Gasteiger partial charge in [-0.05, 0) is 57.4 Å². The van der Waals surface area contributed by atoms with Crippen molar-refractivity contribution in [1.29, 1.82) is 0 Å². The standard InChI is InChI=1S/C13H16BrNO2/c1-13(2)8(5-15)11(13)7-3-9(14)12-10(4-7)16-6-17-12/h3-4,8,11H,5-6,15H2,1-2H3. The van der Waals surface area contributed by atoms with E-state index < -0.39 is 0 Å². The summed E-state index contributed by atoms with van der Waals surface area (Å²) in [6.45, 7) is 5.59. The maximum absolute atomic E-state index is 5.82. The van der Waals surface area contributed by atoms with Crippen LogP contribution in [0.2, 0.25) is 0 Å². The third-order valence-corrected chi connectivity index (χ3v) is 4.70. The zero-order chi connectivity index (χ0) is 12.2. The number of fused-ring (bicyclic) bond motifs is 1. The predicted molar refractivity (Wildman–Crippen MR) is 69.3 cm³/mol. The summed E-state index contributed by atoms with van der Waals surface area (Å²) in [5, 5.41) is 0. The number of ether oxygens (including phenoxy) is 2. The number of hydrogen-bond donors (Lipinski definition) is 1. The van der Waals surface area contributed by atoms with Crippen LogP contribution in [0.15, 0.2) is 16.6 Å². The van der Waals surface area contributed by atoms with E-state index in [1.165, 1.54) is 5.56 Å². The molecule has 3 nitrogen and oxygen atoms in total. The highest BCUT2D eigenvalue weighted by Gasteiger charge is 2.57. The molecule has 0 amide bonds. The fourth-order valence-corrected chi connectivity index (χ4v) is 3.59. The van der Waals surface area contributed by atoms with Crippen molar-refractivity contribution in [2.45, 2.75) is 19.8 Å². The van der Waals surface area contributed by atoms with E-state index in [2.05, 4.69) is 41.9 Å². The molecule has 0 bridgehead atoms. The first-order valence-electron chi connectivity index (χ1n) is 5.85. The first kappa shape index (κ1) is 11.4. The molecular formula is C13H16BrNO2. The summed E-state index contributed by atoms with van der Waals surface area (Å²) >= 11 is 3.54. The Bertz CT molecular complexity index is 473. The number of halogens is 1. The van der Waals surface area contributed by atoms with E-state index in [4.69, 9.17) is 15.2 Å².